The summed E-state index contributed by atoms with van der Waals surface area (Å²) in [6.45, 7) is -0.145. The number of ether oxygens (including phenoxy) is 1. The van der Waals surface area contributed by atoms with Crippen LogP contribution in [0.25, 0.3) is 0 Å². The van der Waals surface area contributed by atoms with Gasteiger partial charge in [-0.2, -0.15) is 13.2 Å². The maximum atomic E-state index is 12.6. The SMILES string of the molecule is Nc1cc(COc2ccccc2C(F)(F)F)no1. The van der Waals surface area contributed by atoms with Crippen LogP contribution in [0.3, 0.4) is 0 Å². The standard InChI is InChI=1S/C11H9F3N2O2/c12-11(13,14)8-3-1-2-4-9(8)17-6-7-5-10(15)18-16-7/h1-5H,6,15H2. The first-order valence-electron chi connectivity index (χ1n) is 4.97. The van der Waals surface area contributed by atoms with E-state index in [-0.39, 0.29) is 18.2 Å². The first-order valence-corrected chi connectivity index (χ1v) is 4.97. The molecule has 0 atom stereocenters. The summed E-state index contributed by atoms with van der Waals surface area (Å²) in [5.74, 6) is -0.177. The van der Waals surface area contributed by atoms with Crippen molar-refractivity contribution in [1.29, 1.82) is 0 Å². The molecule has 0 fully saturated rings. The number of anilines is 1. The van der Waals surface area contributed by atoms with E-state index < -0.39 is 11.7 Å². The van der Waals surface area contributed by atoms with E-state index in [2.05, 4.69) is 9.68 Å². The highest BCUT2D eigenvalue weighted by Gasteiger charge is 2.34. The Morgan fingerprint density at radius 2 is 2.00 bits per heavy atom. The Hall–Kier alpha value is -2.18. The Labute approximate surface area is 100 Å². The molecular weight excluding hydrogens is 249 g/mol. The molecule has 2 rings (SSSR count). The van der Waals surface area contributed by atoms with Gasteiger partial charge in [-0.15, -0.1) is 0 Å². The summed E-state index contributed by atoms with van der Waals surface area (Å²) < 4.78 is 47.6. The Balaban J connectivity index is 2.14. The molecule has 0 aliphatic rings. The van der Waals surface area contributed by atoms with Crippen LogP contribution in [-0.4, -0.2) is 5.16 Å². The topological polar surface area (TPSA) is 61.3 Å². The second-order valence-corrected chi connectivity index (χ2v) is 3.50. The number of benzene rings is 1. The summed E-state index contributed by atoms with van der Waals surface area (Å²) >= 11 is 0. The number of hydrogen-bond acceptors (Lipinski definition) is 4. The molecule has 0 unspecified atom stereocenters. The third-order valence-corrected chi connectivity index (χ3v) is 2.15. The van der Waals surface area contributed by atoms with Crippen molar-refractivity contribution < 1.29 is 22.4 Å². The fraction of sp³-hybridized carbons (Fsp3) is 0.182. The van der Waals surface area contributed by atoms with Crippen LogP contribution < -0.4 is 10.5 Å². The molecule has 0 radical (unpaired) electrons. The molecule has 2 N–H and O–H groups in total. The van der Waals surface area contributed by atoms with Crippen LogP contribution in [0.5, 0.6) is 5.75 Å². The summed E-state index contributed by atoms with van der Waals surface area (Å²) in [5.41, 5.74) is 4.77. The highest BCUT2D eigenvalue weighted by Crippen LogP contribution is 2.36. The van der Waals surface area contributed by atoms with Crippen LogP contribution in [0, 0.1) is 0 Å². The minimum atomic E-state index is -4.46. The molecule has 0 spiro atoms. The van der Waals surface area contributed by atoms with Gasteiger partial charge >= 0.3 is 6.18 Å². The third-order valence-electron chi connectivity index (χ3n) is 2.15. The number of aromatic nitrogens is 1. The third kappa shape index (κ3) is 2.73. The number of alkyl halides is 3. The van der Waals surface area contributed by atoms with Gasteiger partial charge in [0.15, 0.2) is 0 Å². The van der Waals surface area contributed by atoms with E-state index in [0.29, 0.717) is 5.69 Å². The minimum absolute atomic E-state index is 0.0812. The monoisotopic (exact) mass is 258 g/mol. The van der Waals surface area contributed by atoms with E-state index in [1.807, 2.05) is 0 Å². The molecule has 18 heavy (non-hydrogen) atoms. The lowest BCUT2D eigenvalue weighted by atomic mass is 10.2. The number of halogens is 3. The van der Waals surface area contributed by atoms with Gasteiger partial charge in [0, 0.05) is 6.07 Å². The number of nitrogen functional groups attached to an aromatic ring is 1. The van der Waals surface area contributed by atoms with E-state index in [1.54, 1.807) is 0 Å². The van der Waals surface area contributed by atoms with Crippen molar-refractivity contribution in [2.75, 3.05) is 5.73 Å². The number of nitrogens with two attached hydrogens (primary N) is 1. The van der Waals surface area contributed by atoms with E-state index in [1.165, 1.54) is 24.3 Å². The molecule has 1 aromatic heterocycles. The van der Waals surface area contributed by atoms with Crippen molar-refractivity contribution in [3.63, 3.8) is 0 Å². The predicted octanol–water partition coefficient (Wildman–Crippen LogP) is 2.85. The van der Waals surface area contributed by atoms with E-state index in [0.717, 1.165) is 6.07 Å². The predicted molar refractivity (Wildman–Crippen MR) is 56.7 cm³/mol. The summed E-state index contributed by atoms with van der Waals surface area (Å²) in [7, 11) is 0. The van der Waals surface area contributed by atoms with Crippen molar-refractivity contribution >= 4 is 5.88 Å². The molecule has 0 aliphatic carbocycles. The van der Waals surface area contributed by atoms with Gasteiger partial charge in [0.05, 0.1) is 5.56 Å². The Bertz CT molecular complexity index is 537. The van der Waals surface area contributed by atoms with Crippen LogP contribution in [0.2, 0.25) is 0 Å². The van der Waals surface area contributed by atoms with Gasteiger partial charge in [0.1, 0.15) is 18.1 Å². The molecule has 2 aromatic rings. The van der Waals surface area contributed by atoms with Crippen molar-refractivity contribution in [2.24, 2.45) is 0 Å². The van der Waals surface area contributed by atoms with Crippen LogP contribution in [0.4, 0.5) is 19.1 Å². The number of nitrogens with zero attached hydrogens (tertiary/aromatic N) is 1. The summed E-state index contributed by atoms with van der Waals surface area (Å²) in [4.78, 5) is 0. The van der Waals surface area contributed by atoms with E-state index >= 15 is 0 Å². The fourth-order valence-corrected chi connectivity index (χ4v) is 1.37. The molecule has 0 bridgehead atoms. The lowest BCUT2D eigenvalue weighted by Gasteiger charge is -2.12. The quantitative estimate of drug-likeness (QED) is 0.919. The zero-order valence-corrected chi connectivity index (χ0v) is 9.07. The zero-order valence-electron chi connectivity index (χ0n) is 9.07. The van der Waals surface area contributed by atoms with E-state index in [9.17, 15) is 13.2 Å². The first kappa shape index (κ1) is 12.3. The van der Waals surface area contributed by atoms with Crippen LogP contribution in [-0.2, 0) is 12.8 Å². The zero-order chi connectivity index (χ0) is 13.2. The summed E-state index contributed by atoms with van der Waals surface area (Å²) in [6, 6.07) is 6.33. The highest BCUT2D eigenvalue weighted by molar-refractivity contribution is 5.35. The maximum Gasteiger partial charge on any atom is 0.419 e. The average molecular weight is 258 g/mol. The highest BCUT2D eigenvalue weighted by atomic mass is 19.4. The Morgan fingerprint density at radius 3 is 2.61 bits per heavy atom. The van der Waals surface area contributed by atoms with Gasteiger partial charge in [-0.25, -0.2) is 0 Å². The van der Waals surface area contributed by atoms with Crippen molar-refractivity contribution in [2.45, 2.75) is 12.8 Å². The van der Waals surface area contributed by atoms with Crippen LogP contribution >= 0.6 is 0 Å². The maximum absolute atomic E-state index is 12.6. The lowest BCUT2D eigenvalue weighted by molar-refractivity contribution is -0.139. The smallest absolute Gasteiger partial charge is 0.419 e. The molecule has 1 aromatic carbocycles. The van der Waals surface area contributed by atoms with Gasteiger partial charge in [-0.1, -0.05) is 17.3 Å². The van der Waals surface area contributed by atoms with Gasteiger partial charge in [0.25, 0.3) is 0 Å². The molecule has 0 aliphatic heterocycles. The molecule has 0 saturated heterocycles. The fourth-order valence-electron chi connectivity index (χ4n) is 1.37. The molecule has 7 heteroatoms. The van der Waals surface area contributed by atoms with Crippen molar-refractivity contribution in [3.05, 3.63) is 41.6 Å². The second-order valence-electron chi connectivity index (χ2n) is 3.50. The van der Waals surface area contributed by atoms with Crippen LogP contribution in [0.1, 0.15) is 11.3 Å². The minimum Gasteiger partial charge on any atom is -0.487 e. The number of hydrogen-bond donors (Lipinski definition) is 1. The summed E-state index contributed by atoms with van der Waals surface area (Å²) in [5, 5.41) is 3.52. The Morgan fingerprint density at radius 1 is 1.28 bits per heavy atom. The normalized spacial score (nSPS) is 11.5. The second kappa shape index (κ2) is 4.59. The number of rotatable bonds is 3. The van der Waals surface area contributed by atoms with Gasteiger partial charge < -0.3 is 15.0 Å². The number of para-hydroxylation sites is 1. The van der Waals surface area contributed by atoms with Crippen LogP contribution in [0.15, 0.2) is 34.9 Å². The first-order chi connectivity index (χ1) is 8.47. The van der Waals surface area contributed by atoms with Gasteiger partial charge in [-0.05, 0) is 12.1 Å². The lowest BCUT2D eigenvalue weighted by Crippen LogP contribution is -2.08. The van der Waals surface area contributed by atoms with Crippen molar-refractivity contribution in [1.82, 2.24) is 5.16 Å². The average Bonchev–Trinajstić information content (AvgIpc) is 2.72. The Kier molecular flexibility index (Phi) is 3.14. The van der Waals surface area contributed by atoms with Crippen molar-refractivity contribution in [3.8, 4) is 5.75 Å². The molecule has 96 valence electrons. The molecule has 4 nitrogen and oxygen atoms in total. The van der Waals surface area contributed by atoms with E-state index in [4.69, 9.17) is 10.5 Å². The molecule has 0 amide bonds. The molecule has 1 heterocycles. The summed E-state index contributed by atoms with van der Waals surface area (Å²) in [6.07, 6.45) is -4.46. The van der Waals surface area contributed by atoms with Gasteiger partial charge in [0.2, 0.25) is 5.88 Å². The molecule has 0 saturated carbocycles. The largest absolute Gasteiger partial charge is 0.487 e. The molecular formula is C11H9F3N2O2. The van der Waals surface area contributed by atoms with Gasteiger partial charge in [-0.3, -0.25) is 0 Å².